The summed E-state index contributed by atoms with van der Waals surface area (Å²) in [6.07, 6.45) is 8.86. The molecule has 1 aliphatic heterocycles. The summed E-state index contributed by atoms with van der Waals surface area (Å²) in [5.41, 5.74) is 2.56. The van der Waals surface area contributed by atoms with Crippen molar-refractivity contribution in [2.24, 2.45) is 0 Å². The van der Waals surface area contributed by atoms with Gasteiger partial charge in [-0.2, -0.15) is 0 Å². The predicted octanol–water partition coefficient (Wildman–Crippen LogP) is 2.01. The molecule has 1 aromatic carbocycles. The van der Waals surface area contributed by atoms with Gasteiger partial charge in [0, 0.05) is 24.5 Å². The quantitative estimate of drug-likeness (QED) is 0.707. The number of aromatic nitrogens is 5. The summed E-state index contributed by atoms with van der Waals surface area (Å²) in [6, 6.07) is 11.4. The van der Waals surface area contributed by atoms with E-state index in [0.717, 1.165) is 24.3 Å². The second-order valence-electron chi connectivity index (χ2n) is 6.91. The van der Waals surface area contributed by atoms with E-state index in [9.17, 15) is 4.79 Å². The van der Waals surface area contributed by atoms with Crippen LogP contribution in [0.15, 0.2) is 55.1 Å². The highest BCUT2D eigenvalue weighted by molar-refractivity contribution is 5.94. The molecule has 0 radical (unpaired) electrons. The molecule has 8 nitrogen and oxygen atoms in total. The first kappa shape index (κ1) is 18.2. The highest BCUT2D eigenvalue weighted by atomic mass is 16.1. The molecule has 2 aromatic heterocycles. The Morgan fingerprint density at radius 3 is 2.61 bits per heavy atom. The van der Waals surface area contributed by atoms with E-state index in [4.69, 9.17) is 0 Å². The van der Waals surface area contributed by atoms with Crippen molar-refractivity contribution in [1.29, 1.82) is 0 Å². The zero-order valence-electron chi connectivity index (χ0n) is 15.6. The second kappa shape index (κ2) is 8.71. The maximum absolute atomic E-state index is 12.7. The first-order valence-corrected chi connectivity index (χ1v) is 9.57. The van der Waals surface area contributed by atoms with Gasteiger partial charge in [0.1, 0.15) is 6.33 Å². The number of benzene rings is 1. The van der Waals surface area contributed by atoms with Crippen molar-refractivity contribution in [3.8, 4) is 5.69 Å². The van der Waals surface area contributed by atoms with Crippen molar-refractivity contribution in [1.82, 2.24) is 35.4 Å². The molecule has 8 heteroatoms. The van der Waals surface area contributed by atoms with Gasteiger partial charge in [-0.3, -0.25) is 14.7 Å². The average Bonchev–Trinajstić information content (AvgIpc) is 3.30. The van der Waals surface area contributed by atoms with Gasteiger partial charge in [0.25, 0.3) is 5.91 Å². The van der Waals surface area contributed by atoms with Crippen LogP contribution in [0.3, 0.4) is 0 Å². The topological polar surface area (TPSA) is 88.8 Å². The largest absolute Gasteiger partial charge is 0.350 e. The number of nitrogens with zero attached hydrogens (tertiary/aromatic N) is 6. The van der Waals surface area contributed by atoms with Crippen LogP contribution in [-0.4, -0.2) is 55.6 Å². The normalized spacial score (nSPS) is 15.9. The van der Waals surface area contributed by atoms with E-state index in [2.05, 4.69) is 36.8 Å². The van der Waals surface area contributed by atoms with Gasteiger partial charge >= 0.3 is 0 Å². The van der Waals surface area contributed by atoms with Gasteiger partial charge in [-0.15, -0.1) is 5.10 Å². The fraction of sp³-hybridized carbons (Fsp3) is 0.350. The Labute approximate surface area is 163 Å². The van der Waals surface area contributed by atoms with E-state index in [-0.39, 0.29) is 11.9 Å². The van der Waals surface area contributed by atoms with Crippen molar-refractivity contribution >= 4 is 5.91 Å². The first-order valence-electron chi connectivity index (χ1n) is 9.57. The molecule has 0 bridgehead atoms. The molecule has 28 heavy (non-hydrogen) atoms. The standard InChI is InChI=1S/C20H23N7O/c28-20(16-6-8-18(9-7-16)27-15-23-24-25-27)22-14-19(17-5-4-10-21-13-17)26-11-2-1-3-12-26/h4-10,13,15,19H,1-3,11-12,14H2,(H,22,28)/t19-/m0/s1. The molecule has 1 aliphatic rings. The van der Waals surface area contributed by atoms with Crippen LogP contribution in [-0.2, 0) is 0 Å². The Kier molecular flexibility index (Phi) is 5.67. The van der Waals surface area contributed by atoms with Gasteiger partial charge in [-0.1, -0.05) is 12.5 Å². The SMILES string of the molecule is O=C(NC[C@@H](c1cccnc1)N1CCCCC1)c1ccc(-n2cnnn2)cc1. The number of likely N-dealkylation sites (tertiary alicyclic amines) is 1. The second-order valence-corrected chi connectivity index (χ2v) is 6.91. The van der Waals surface area contributed by atoms with Gasteiger partial charge in [0.05, 0.1) is 11.7 Å². The van der Waals surface area contributed by atoms with Crippen molar-refractivity contribution in [3.63, 3.8) is 0 Å². The van der Waals surface area contributed by atoms with Crippen LogP contribution in [0.2, 0.25) is 0 Å². The minimum absolute atomic E-state index is 0.0887. The van der Waals surface area contributed by atoms with E-state index in [0.29, 0.717) is 12.1 Å². The van der Waals surface area contributed by atoms with Crippen molar-refractivity contribution in [3.05, 3.63) is 66.2 Å². The zero-order valence-corrected chi connectivity index (χ0v) is 15.6. The van der Waals surface area contributed by atoms with Gasteiger partial charge in [-0.05, 0) is 72.3 Å². The van der Waals surface area contributed by atoms with Crippen LogP contribution < -0.4 is 5.32 Å². The zero-order chi connectivity index (χ0) is 19.2. The van der Waals surface area contributed by atoms with E-state index >= 15 is 0 Å². The molecule has 1 fully saturated rings. The number of hydrogen-bond donors (Lipinski definition) is 1. The van der Waals surface area contributed by atoms with E-state index in [1.54, 1.807) is 23.0 Å². The minimum atomic E-state index is -0.0887. The summed E-state index contributed by atoms with van der Waals surface area (Å²) in [5.74, 6) is -0.0887. The number of rotatable bonds is 6. The van der Waals surface area contributed by atoms with Crippen molar-refractivity contribution in [2.45, 2.75) is 25.3 Å². The molecule has 0 aliphatic carbocycles. The Bertz CT molecular complexity index is 875. The van der Waals surface area contributed by atoms with Crippen LogP contribution in [0.5, 0.6) is 0 Å². The maximum atomic E-state index is 12.7. The molecule has 1 saturated heterocycles. The number of tetrazole rings is 1. The van der Waals surface area contributed by atoms with Crippen LogP contribution in [0, 0.1) is 0 Å². The average molecular weight is 377 g/mol. The molecule has 4 rings (SSSR count). The lowest BCUT2D eigenvalue weighted by molar-refractivity contribution is 0.0924. The number of pyridine rings is 1. The van der Waals surface area contributed by atoms with Crippen LogP contribution >= 0.6 is 0 Å². The molecule has 0 saturated carbocycles. The molecule has 3 heterocycles. The van der Waals surface area contributed by atoms with Gasteiger partial charge in [0.15, 0.2) is 0 Å². The fourth-order valence-electron chi connectivity index (χ4n) is 3.60. The third kappa shape index (κ3) is 4.23. The number of amides is 1. The fourth-order valence-corrected chi connectivity index (χ4v) is 3.60. The molecule has 1 atom stereocenters. The Morgan fingerprint density at radius 2 is 1.93 bits per heavy atom. The number of nitrogens with one attached hydrogen (secondary N) is 1. The van der Waals surface area contributed by atoms with Gasteiger partial charge in [0.2, 0.25) is 0 Å². The Hall–Kier alpha value is -3.13. The number of carbonyl (C=O) groups is 1. The number of hydrogen-bond acceptors (Lipinski definition) is 6. The highest BCUT2D eigenvalue weighted by Crippen LogP contribution is 2.23. The van der Waals surface area contributed by atoms with E-state index < -0.39 is 0 Å². The lowest BCUT2D eigenvalue weighted by Gasteiger charge is -2.34. The minimum Gasteiger partial charge on any atom is -0.350 e. The smallest absolute Gasteiger partial charge is 0.251 e. The third-order valence-electron chi connectivity index (χ3n) is 5.10. The van der Waals surface area contributed by atoms with Crippen molar-refractivity contribution in [2.75, 3.05) is 19.6 Å². The number of piperidine rings is 1. The van der Waals surface area contributed by atoms with Gasteiger partial charge in [-0.25, -0.2) is 4.68 Å². The molecule has 0 unspecified atom stereocenters. The highest BCUT2D eigenvalue weighted by Gasteiger charge is 2.23. The summed E-state index contributed by atoms with van der Waals surface area (Å²) in [7, 11) is 0. The first-order chi connectivity index (χ1) is 13.8. The molecule has 3 aromatic rings. The lowest BCUT2D eigenvalue weighted by Crippen LogP contribution is -2.40. The van der Waals surface area contributed by atoms with Crippen LogP contribution in [0.1, 0.15) is 41.2 Å². The monoisotopic (exact) mass is 377 g/mol. The third-order valence-corrected chi connectivity index (χ3v) is 5.10. The molecule has 1 N–H and O–H groups in total. The van der Waals surface area contributed by atoms with E-state index in [1.807, 2.05) is 24.4 Å². The van der Waals surface area contributed by atoms with Gasteiger partial charge < -0.3 is 5.32 Å². The van der Waals surface area contributed by atoms with Crippen molar-refractivity contribution < 1.29 is 4.79 Å². The summed E-state index contributed by atoms with van der Waals surface area (Å²) < 4.78 is 1.55. The molecule has 0 spiro atoms. The molecular formula is C20H23N7O. The summed E-state index contributed by atoms with van der Waals surface area (Å²) >= 11 is 0. The number of carbonyl (C=O) groups excluding carboxylic acids is 1. The maximum Gasteiger partial charge on any atom is 0.251 e. The summed E-state index contributed by atoms with van der Waals surface area (Å²) in [6.45, 7) is 2.66. The van der Waals surface area contributed by atoms with Crippen LogP contribution in [0.4, 0.5) is 0 Å². The van der Waals surface area contributed by atoms with E-state index in [1.165, 1.54) is 25.6 Å². The Morgan fingerprint density at radius 1 is 1.11 bits per heavy atom. The van der Waals surface area contributed by atoms with Crippen LogP contribution in [0.25, 0.3) is 5.69 Å². The molecule has 1 amide bonds. The Balaban J connectivity index is 1.43. The summed E-state index contributed by atoms with van der Waals surface area (Å²) in [4.78, 5) is 19.4. The molecule has 144 valence electrons. The summed E-state index contributed by atoms with van der Waals surface area (Å²) in [5, 5.41) is 14.2. The molecular weight excluding hydrogens is 354 g/mol. The predicted molar refractivity (Wildman–Crippen MR) is 104 cm³/mol. The lowest BCUT2D eigenvalue weighted by atomic mass is 10.0.